The molecule has 14 rings (SSSR count). The third-order valence-electron chi connectivity index (χ3n) is 13.1. The average Bonchev–Trinajstić information content (AvgIpc) is 3.98. The zero-order chi connectivity index (χ0) is 45.4. The van der Waals surface area contributed by atoms with Crippen molar-refractivity contribution in [2.75, 3.05) is 0 Å². The SMILES string of the molecule is Cc1cccc2cc3c(cc12)C1=Nc2c4cc5cccc(S(=O)(=O)O)c5cc4c4[n]2[Ga][n]2c(c5cc6cccc(O)c6cc5c2=NC3=N1)=NC1=NC(=N4)c2cc3cccc(S(=O)(=O)O)c3cc21.O. The van der Waals surface area contributed by atoms with Crippen LogP contribution in [0.4, 0.5) is 11.6 Å². The summed E-state index contributed by atoms with van der Waals surface area (Å²) >= 11 is -2.20. The second kappa shape index (κ2) is 13.7. The number of phenolic OH excluding ortho intramolecular Hbond substituents is 1. The van der Waals surface area contributed by atoms with Crippen molar-refractivity contribution < 1.29 is 36.5 Å². The summed E-state index contributed by atoms with van der Waals surface area (Å²) in [4.78, 5) is 31.2. The van der Waals surface area contributed by atoms with E-state index in [0.717, 1.165) is 32.8 Å². The van der Waals surface area contributed by atoms with E-state index >= 15 is 0 Å². The number of aromatic nitrogens is 2. The van der Waals surface area contributed by atoms with Crippen LogP contribution < -0.4 is 11.0 Å². The number of aromatic hydroxyl groups is 1. The maximum atomic E-state index is 12.9. The molecule has 0 fully saturated rings. The fraction of sp³-hybridized carbons (Fsp3) is 0.0204. The third kappa shape index (κ3) is 5.65. The molecule has 6 bridgehead atoms. The molecule has 16 nitrogen and oxygen atoms in total. The van der Waals surface area contributed by atoms with Crippen molar-refractivity contribution >= 4 is 138 Å². The first-order valence-electron chi connectivity index (χ1n) is 20.9. The Morgan fingerprint density at radius 2 is 0.868 bits per heavy atom. The first-order chi connectivity index (χ1) is 32.2. The summed E-state index contributed by atoms with van der Waals surface area (Å²) in [6.07, 6.45) is 0. The van der Waals surface area contributed by atoms with Gasteiger partial charge in [-0.05, 0) is 0 Å². The van der Waals surface area contributed by atoms with Gasteiger partial charge in [-0.3, -0.25) is 0 Å². The zero-order valence-corrected chi connectivity index (χ0v) is 39.0. The Kier molecular flexibility index (Phi) is 8.21. The summed E-state index contributed by atoms with van der Waals surface area (Å²) in [6.45, 7) is 2.06. The number of hydrogen-bond donors (Lipinski definition) is 3. The standard InChI is InChI=1S/C49H26N8O7S2.Ga.H2O/c1-22-6-2-7-23-14-31-35(18-27(22)23)46-50-42(31)52-47-36-19-28-24(8-3-11-39(28)58)15-32(36)43(53-47)54-48-38-21-30-26(10-5-13-41(30)66(62,63)64)17-34(38)45(56-48)57-49-37-20-29-25(16-33(37)44(51-46)55-49)9-4-12-40(29)65(59,60)61;;/h2-21H,1H3,(H3-2,50,51,52,53,54,55,56,57,58,59,60,61,62,63,64);;1H2/q-2;+2;. The predicted molar refractivity (Wildman–Crippen MR) is 261 cm³/mol. The summed E-state index contributed by atoms with van der Waals surface area (Å²) in [5.74, 6) is 2.30. The van der Waals surface area contributed by atoms with Gasteiger partial charge in [-0.25, -0.2) is 0 Å². The van der Waals surface area contributed by atoms with E-state index < -0.39 is 38.1 Å². The fourth-order valence-corrected chi connectivity index (χ4v) is 14.5. The van der Waals surface area contributed by atoms with Crippen LogP contribution in [0.5, 0.6) is 5.75 Å². The largest absolute Gasteiger partial charge is 0.412 e. The average molecular weight is 991 g/mol. The molecule has 5 N–H and O–H groups in total. The Morgan fingerprint density at radius 3 is 1.47 bits per heavy atom. The van der Waals surface area contributed by atoms with Gasteiger partial charge in [0.15, 0.2) is 0 Å². The molecule has 0 saturated heterocycles. The Bertz CT molecular complexity index is 4630. The van der Waals surface area contributed by atoms with Gasteiger partial charge in [-0.15, -0.1) is 0 Å². The number of aryl methyl sites for hydroxylation is 1. The van der Waals surface area contributed by atoms with Crippen LogP contribution in [0.3, 0.4) is 0 Å². The van der Waals surface area contributed by atoms with Crippen molar-refractivity contribution in [3.05, 3.63) is 160 Å². The Balaban J connectivity index is 0.00000457. The summed E-state index contributed by atoms with van der Waals surface area (Å²) in [5, 5.41) is 18.7. The summed E-state index contributed by atoms with van der Waals surface area (Å²) in [5.41, 5.74) is 4.60. The predicted octanol–water partition coefficient (Wildman–Crippen LogP) is 6.77. The molecule has 0 amide bonds. The van der Waals surface area contributed by atoms with Gasteiger partial charge in [0.25, 0.3) is 0 Å². The van der Waals surface area contributed by atoms with Crippen molar-refractivity contribution in [3.63, 3.8) is 0 Å². The van der Waals surface area contributed by atoms with Gasteiger partial charge in [0.05, 0.1) is 0 Å². The van der Waals surface area contributed by atoms with Crippen molar-refractivity contribution in [2.24, 2.45) is 30.0 Å². The molecule has 19 heteroatoms. The second-order valence-corrected chi connectivity index (χ2v) is 22.3. The summed E-state index contributed by atoms with van der Waals surface area (Å²) in [7, 11) is -9.32. The molecule has 10 aromatic rings. The molecule has 327 valence electrons. The molecule has 4 aliphatic heterocycles. The molecule has 4 aliphatic rings. The molecule has 0 saturated carbocycles. The molecule has 0 atom stereocenters. The fourth-order valence-electron chi connectivity index (χ4n) is 10.0. The van der Waals surface area contributed by atoms with Crippen LogP contribution in [0.1, 0.15) is 27.8 Å². The van der Waals surface area contributed by atoms with Crippen LogP contribution in [0.15, 0.2) is 161 Å². The summed E-state index contributed by atoms with van der Waals surface area (Å²) in [6, 6.07) is 35.8. The van der Waals surface area contributed by atoms with Gasteiger partial charge in [0.1, 0.15) is 0 Å². The quantitative estimate of drug-likeness (QED) is 0.124. The molecule has 6 heterocycles. The normalized spacial score (nSPS) is 14.7. The van der Waals surface area contributed by atoms with E-state index in [0.29, 0.717) is 83.1 Å². The van der Waals surface area contributed by atoms with Crippen LogP contribution in [-0.2, 0) is 20.2 Å². The van der Waals surface area contributed by atoms with Gasteiger partial charge < -0.3 is 5.48 Å². The van der Waals surface area contributed by atoms with Gasteiger partial charge >= 0.3 is 388 Å². The molecule has 1 radical (unpaired) electrons. The van der Waals surface area contributed by atoms with Crippen molar-refractivity contribution in [2.45, 2.75) is 16.7 Å². The number of aliphatic imine (C=N–C) groups is 4. The monoisotopic (exact) mass is 989 g/mol. The first kappa shape index (κ1) is 40.6. The number of fused-ring (bicyclic) bond motifs is 18. The maximum absolute atomic E-state index is 12.9. The third-order valence-corrected chi connectivity index (χ3v) is 17.9. The van der Waals surface area contributed by atoms with E-state index in [1.165, 1.54) is 12.1 Å². The molecule has 0 spiro atoms. The van der Waals surface area contributed by atoms with Crippen LogP contribution in [0, 0.1) is 6.92 Å². The minimum absolute atomic E-state index is 0. The smallest absolute Gasteiger partial charge is 0.412 e. The minimum Gasteiger partial charge on any atom is -0.412 e. The second-order valence-electron chi connectivity index (χ2n) is 16.9. The number of hydrogen-bond acceptors (Lipinski definition) is 11. The molecule has 2 aromatic heterocycles. The van der Waals surface area contributed by atoms with Crippen LogP contribution in [0.2, 0.25) is 0 Å². The van der Waals surface area contributed by atoms with Gasteiger partial charge in [-0.1, -0.05) is 0 Å². The van der Waals surface area contributed by atoms with Gasteiger partial charge in [0.2, 0.25) is 0 Å². The number of rotatable bonds is 2. The van der Waals surface area contributed by atoms with E-state index in [1.807, 2.05) is 36.4 Å². The number of amidine groups is 4. The van der Waals surface area contributed by atoms with E-state index in [4.69, 9.17) is 30.0 Å². The van der Waals surface area contributed by atoms with E-state index in [-0.39, 0.29) is 43.5 Å². The van der Waals surface area contributed by atoms with E-state index in [1.54, 1.807) is 54.6 Å². The first-order valence-corrected chi connectivity index (χ1v) is 25.9. The van der Waals surface area contributed by atoms with Crippen LogP contribution in [0.25, 0.3) is 64.6 Å². The topological polar surface area (TPSA) is 244 Å². The van der Waals surface area contributed by atoms with Crippen molar-refractivity contribution in [1.82, 2.24) is 6.55 Å². The zero-order valence-electron chi connectivity index (χ0n) is 35.0. The molecular formula is C49H28GaN8O8S2. The minimum atomic E-state index is -4.68. The van der Waals surface area contributed by atoms with Crippen molar-refractivity contribution in [1.29, 1.82) is 0 Å². The molecule has 8 aromatic carbocycles. The van der Waals surface area contributed by atoms with E-state index in [9.17, 15) is 31.0 Å². The van der Waals surface area contributed by atoms with Gasteiger partial charge in [0, 0.05) is 0 Å². The number of phenols is 1. The van der Waals surface area contributed by atoms with E-state index in [2.05, 4.69) is 31.7 Å². The van der Waals surface area contributed by atoms with Crippen LogP contribution >= 0.6 is 0 Å². The van der Waals surface area contributed by atoms with Crippen LogP contribution in [-0.4, -0.2) is 84.3 Å². The molecule has 0 aliphatic carbocycles. The van der Waals surface area contributed by atoms with Crippen molar-refractivity contribution in [3.8, 4) is 5.75 Å². The number of nitrogens with zero attached hydrogens (tertiary/aromatic N) is 8. The Morgan fingerprint density at radius 1 is 0.441 bits per heavy atom. The Hall–Kier alpha value is -7.62. The maximum Gasteiger partial charge on any atom is -0.412 e. The summed E-state index contributed by atoms with van der Waals surface area (Å²) < 4.78 is 76.3. The van der Waals surface area contributed by atoms with Gasteiger partial charge in [-0.2, -0.15) is 0 Å². The number of benzene rings is 8. The Labute approximate surface area is 391 Å². The molecule has 68 heavy (non-hydrogen) atoms. The molecular weight excluding hydrogens is 962 g/mol. The molecule has 0 unspecified atom stereocenters.